The van der Waals surface area contributed by atoms with Crippen LogP contribution in [0, 0.1) is 6.92 Å². The second kappa shape index (κ2) is 10.4. The highest BCUT2D eigenvalue weighted by Gasteiger charge is 2.26. The molecule has 4 heterocycles. The molecule has 2 amide bonds. The van der Waals surface area contributed by atoms with Gasteiger partial charge in [0.2, 0.25) is 0 Å². The number of primary amides is 1. The van der Waals surface area contributed by atoms with Crippen LogP contribution in [-0.2, 0) is 13.8 Å². The summed E-state index contributed by atoms with van der Waals surface area (Å²) in [7, 11) is 1.69. The van der Waals surface area contributed by atoms with E-state index >= 15 is 0 Å². The number of rotatable bonds is 8. The number of carbonyl (C=O) groups is 2. The Kier molecular flexibility index (Phi) is 7.02. The number of alkyl halides is 2. The monoisotopic (exact) mass is 571 g/mol. The maximum atomic E-state index is 13.7. The summed E-state index contributed by atoms with van der Waals surface area (Å²) in [5.41, 5.74) is 6.63. The van der Waals surface area contributed by atoms with Crippen molar-refractivity contribution in [1.82, 2.24) is 24.5 Å². The van der Waals surface area contributed by atoms with Crippen LogP contribution in [0.2, 0.25) is 5.02 Å². The first-order chi connectivity index (χ1) is 18.6. The van der Waals surface area contributed by atoms with Crippen LogP contribution in [0.25, 0.3) is 21.3 Å². The fraction of sp³-hybridized carbons (Fsp3) is 0.160. The van der Waals surface area contributed by atoms with Crippen LogP contribution in [0.1, 0.15) is 38.0 Å². The Hall–Kier alpha value is -4.36. The summed E-state index contributed by atoms with van der Waals surface area (Å²) in [6.45, 7) is 1.70. The van der Waals surface area contributed by atoms with Crippen LogP contribution in [-0.4, -0.2) is 36.4 Å². The van der Waals surface area contributed by atoms with Gasteiger partial charge >= 0.3 is 0 Å². The van der Waals surface area contributed by atoms with Gasteiger partial charge in [0.1, 0.15) is 21.2 Å². The van der Waals surface area contributed by atoms with E-state index in [-0.39, 0.29) is 27.8 Å². The Labute approximate surface area is 229 Å². The molecule has 0 atom stereocenters. The average Bonchev–Trinajstić information content (AvgIpc) is 3.60. The maximum Gasteiger partial charge on any atom is 0.280 e. The Morgan fingerprint density at radius 2 is 1.97 bits per heavy atom. The van der Waals surface area contributed by atoms with Crippen molar-refractivity contribution in [1.29, 1.82) is 0 Å². The SMILES string of the molecule is Cc1nn(C)cc1-c1cc(C(F)F)nc2sc(C(N)=O)c(NC(=O)c3ccn(COc4ccccc4Cl)n3)c12. The molecule has 0 fully saturated rings. The highest BCUT2D eigenvalue weighted by Crippen LogP contribution is 2.43. The summed E-state index contributed by atoms with van der Waals surface area (Å²) < 4.78 is 36.0. The van der Waals surface area contributed by atoms with Gasteiger partial charge in [-0.25, -0.2) is 18.4 Å². The standard InChI is InChI=1S/C25H20ClF2N7O3S/c1-12-14(10-34(2)32-12)13-9-17(22(27)28)30-25-19(13)20(21(39-25)23(29)36)31-24(37)16-7-8-35(33-16)11-38-18-6-4-3-5-15(18)26/h3-10,22H,11H2,1-2H3,(H2,29,36)(H,31,37). The summed E-state index contributed by atoms with van der Waals surface area (Å²) in [6, 6.07) is 9.60. The minimum Gasteiger partial charge on any atom is -0.470 e. The molecule has 200 valence electrons. The molecule has 10 nitrogen and oxygen atoms in total. The van der Waals surface area contributed by atoms with Gasteiger partial charge in [0.25, 0.3) is 18.2 Å². The Morgan fingerprint density at radius 3 is 2.64 bits per heavy atom. The quantitative estimate of drug-likeness (QED) is 0.264. The first-order valence-electron chi connectivity index (χ1n) is 11.4. The molecular weight excluding hydrogens is 552 g/mol. The van der Waals surface area contributed by atoms with Crippen LogP contribution < -0.4 is 15.8 Å². The molecule has 14 heteroatoms. The minimum absolute atomic E-state index is 0.0174. The lowest BCUT2D eigenvalue weighted by atomic mass is 10.0. The average molecular weight is 572 g/mol. The maximum absolute atomic E-state index is 13.7. The van der Waals surface area contributed by atoms with E-state index in [1.165, 1.54) is 27.7 Å². The molecular formula is C25H20ClF2N7O3S. The van der Waals surface area contributed by atoms with Crippen molar-refractivity contribution in [3.63, 3.8) is 0 Å². The molecule has 0 spiro atoms. The Morgan fingerprint density at radius 1 is 1.21 bits per heavy atom. The van der Waals surface area contributed by atoms with E-state index in [1.54, 1.807) is 44.4 Å². The molecule has 3 N–H and O–H groups in total. The normalized spacial score (nSPS) is 11.3. The van der Waals surface area contributed by atoms with E-state index < -0.39 is 23.9 Å². The van der Waals surface area contributed by atoms with Crippen molar-refractivity contribution in [2.75, 3.05) is 5.32 Å². The van der Waals surface area contributed by atoms with Gasteiger partial charge in [0.15, 0.2) is 12.4 Å². The molecule has 0 aliphatic rings. The highest BCUT2D eigenvalue weighted by atomic mass is 35.5. The molecule has 5 aromatic rings. The fourth-order valence-corrected chi connectivity index (χ4v) is 5.23. The lowest BCUT2D eigenvalue weighted by molar-refractivity contribution is 0.100. The highest BCUT2D eigenvalue weighted by molar-refractivity contribution is 7.21. The Balaban J connectivity index is 1.52. The second-order valence-corrected chi connectivity index (χ2v) is 9.85. The van der Waals surface area contributed by atoms with Crippen molar-refractivity contribution >= 4 is 50.7 Å². The van der Waals surface area contributed by atoms with Crippen LogP contribution in [0.4, 0.5) is 14.5 Å². The number of anilines is 1. The number of amides is 2. The molecule has 39 heavy (non-hydrogen) atoms. The molecule has 0 radical (unpaired) electrons. The number of pyridine rings is 1. The lowest BCUT2D eigenvalue weighted by Crippen LogP contribution is -2.18. The smallest absolute Gasteiger partial charge is 0.280 e. The molecule has 0 aliphatic heterocycles. The van der Waals surface area contributed by atoms with Gasteiger partial charge in [-0.2, -0.15) is 10.2 Å². The van der Waals surface area contributed by atoms with Gasteiger partial charge in [0.05, 0.1) is 16.4 Å². The van der Waals surface area contributed by atoms with Gasteiger partial charge in [0, 0.05) is 30.4 Å². The molecule has 0 saturated carbocycles. The van der Waals surface area contributed by atoms with Crippen LogP contribution in [0.5, 0.6) is 5.75 Å². The molecule has 0 bridgehead atoms. The Bertz CT molecular complexity index is 1730. The first-order valence-corrected chi connectivity index (χ1v) is 12.6. The number of aryl methyl sites for hydroxylation is 2. The van der Waals surface area contributed by atoms with Crippen molar-refractivity contribution in [2.45, 2.75) is 20.1 Å². The number of nitrogens with two attached hydrogens (primary N) is 1. The van der Waals surface area contributed by atoms with E-state index in [0.717, 1.165) is 11.3 Å². The molecule has 5 rings (SSSR count). The third-order valence-corrected chi connectivity index (χ3v) is 7.14. The number of ether oxygens (including phenoxy) is 1. The van der Waals surface area contributed by atoms with E-state index in [9.17, 15) is 18.4 Å². The largest absolute Gasteiger partial charge is 0.470 e. The van der Waals surface area contributed by atoms with Gasteiger partial charge in [-0.15, -0.1) is 11.3 Å². The molecule has 1 aromatic carbocycles. The zero-order valence-electron chi connectivity index (χ0n) is 20.5. The zero-order valence-corrected chi connectivity index (χ0v) is 22.1. The number of thiophene rings is 1. The summed E-state index contributed by atoms with van der Waals surface area (Å²) >= 11 is 6.92. The number of nitrogens with one attached hydrogen (secondary N) is 1. The third kappa shape index (κ3) is 5.18. The van der Waals surface area contributed by atoms with Crippen molar-refractivity contribution < 1.29 is 23.1 Å². The van der Waals surface area contributed by atoms with Gasteiger partial charge in [-0.05, 0) is 36.8 Å². The van der Waals surface area contributed by atoms with E-state index in [0.29, 0.717) is 33.0 Å². The van der Waals surface area contributed by atoms with Crippen LogP contribution in [0.15, 0.2) is 48.8 Å². The topological polar surface area (TPSA) is 130 Å². The lowest BCUT2D eigenvalue weighted by Gasteiger charge is -2.10. The first kappa shape index (κ1) is 26.3. The van der Waals surface area contributed by atoms with E-state index in [2.05, 4.69) is 20.5 Å². The number of nitrogens with zero attached hydrogens (tertiary/aromatic N) is 5. The predicted octanol–water partition coefficient (Wildman–Crippen LogP) is 5.18. The van der Waals surface area contributed by atoms with Crippen molar-refractivity contribution in [3.05, 3.63) is 75.8 Å². The van der Waals surface area contributed by atoms with Crippen LogP contribution >= 0.6 is 22.9 Å². The number of hydrogen-bond acceptors (Lipinski definition) is 7. The number of hydrogen-bond donors (Lipinski definition) is 2. The number of aromatic nitrogens is 5. The summed E-state index contributed by atoms with van der Waals surface area (Å²) in [6.07, 6.45) is 0.333. The molecule has 0 aliphatic carbocycles. The van der Waals surface area contributed by atoms with Crippen molar-refractivity contribution in [2.24, 2.45) is 12.8 Å². The van der Waals surface area contributed by atoms with Crippen molar-refractivity contribution in [3.8, 4) is 16.9 Å². The van der Waals surface area contributed by atoms with Gasteiger partial charge in [-0.1, -0.05) is 23.7 Å². The number of benzene rings is 1. The predicted molar refractivity (Wildman–Crippen MR) is 142 cm³/mol. The van der Waals surface area contributed by atoms with Crippen LogP contribution in [0.3, 0.4) is 0 Å². The fourth-order valence-electron chi connectivity index (χ4n) is 4.03. The van der Waals surface area contributed by atoms with E-state index in [4.69, 9.17) is 22.1 Å². The summed E-state index contributed by atoms with van der Waals surface area (Å²) in [5.74, 6) is -1.05. The van der Waals surface area contributed by atoms with E-state index in [1.807, 2.05) is 0 Å². The van der Waals surface area contributed by atoms with Gasteiger partial charge in [-0.3, -0.25) is 14.3 Å². The summed E-state index contributed by atoms with van der Waals surface area (Å²) in [5, 5.41) is 11.9. The number of para-hydroxylation sites is 1. The number of fused-ring (bicyclic) bond motifs is 1. The number of carbonyl (C=O) groups excluding carboxylic acids is 2. The van der Waals surface area contributed by atoms with Gasteiger partial charge < -0.3 is 15.8 Å². The second-order valence-electron chi connectivity index (χ2n) is 8.45. The molecule has 0 saturated heterocycles. The summed E-state index contributed by atoms with van der Waals surface area (Å²) in [4.78, 5) is 29.7. The minimum atomic E-state index is -2.86. The third-order valence-electron chi connectivity index (χ3n) is 5.73. The number of halogens is 3. The molecule has 0 unspecified atom stereocenters. The molecule has 4 aromatic heterocycles. The zero-order chi connectivity index (χ0) is 27.8.